The molecular weight excluding hydrogens is 342 g/mol. The number of amides is 1. The standard InChI is InChI=1S/C21H21N3O3/c1-21(2)12-14-6-5-9-17(19(14)27-21)23-18(25)10-11-24-13-22-16-8-4-3-7-15(16)20(24)26/h3-9,13H,10-12H2,1-2H3,(H,23,25). The number of aryl methyl sites for hydroxylation is 1. The van der Waals surface area contributed by atoms with Gasteiger partial charge in [0.15, 0.2) is 0 Å². The minimum absolute atomic E-state index is 0.140. The maximum atomic E-state index is 12.5. The van der Waals surface area contributed by atoms with Gasteiger partial charge in [0.1, 0.15) is 11.4 Å². The van der Waals surface area contributed by atoms with Crippen LogP contribution in [0, 0.1) is 0 Å². The van der Waals surface area contributed by atoms with Gasteiger partial charge in [0.25, 0.3) is 5.56 Å². The van der Waals surface area contributed by atoms with Gasteiger partial charge in [-0.05, 0) is 32.0 Å². The monoisotopic (exact) mass is 363 g/mol. The van der Waals surface area contributed by atoms with E-state index in [4.69, 9.17) is 4.74 Å². The average Bonchev–Trinajstić information content (AvgIpc) is 2.96. The van der Waals surface area contributed by atoms with Gasteiger partial charge in [0.2, 0.25) is 5.91 Å². The van der Waals surface area contributed by atoms with E-state index in [0.717, 1.165) is 17.7 Å². The van der Waals surface area contributed by atoms with Crippen LogP contribution in [0.15, 0.2) is 53.6 Å². The lowest BCUT2D eigenvalue weighted by Gasteiger charge is -2.18. The zero-order valence-corrected chi connectivity index (χ0v) is 15.4. The number of para-hydroxylation sites is 2. The van der Waals surface area contributed by atoms with Gasteiger partial charge in [0, 0.05) is 24.9 Å². The van der Waals surface area contributed by atoms with Crippen molar-refractivity contribution >= 4 is 22.5 Å². The van der Waals surface area contributed by atoms with Crippen molar-refractivity contribution in [3.8, 4) is 5.75 Å². The molecule has 4 rings (SSSR count). The Bertz CT molecular complexity index is 1090. The summed E-state index contributed by atoms with van der Waals surface area (Å²) in [4.78, 5) is 29.2. The van der Waals surface area contributed by atoms with Gasteiger partial charge in [-0.25, -0.2) is 4.98 Å². The van der Waals surface area contributed by atoms with Gasteiger partial charge in [0.05, 0.1) is 22.9 Å². The molecule has 0 saturated carbocycles. The van der Waals surface area contributed by atoms with Crippen LogP contribution < -0.4 is 15.6 Å². The SMILES string of the molecule is CC1(C)Cc2cccc(NC(=O)CCn3cnc4ccccc4c3=O)c2O1. The van der Waals surface area contributed by atoms with Crippen molar-refractivity contribution < 1.29 is 9.53 Å². The summed E-state index contributed by atoms with van der Waals surface area (Å²) in [5.74, 6) is 0.567. The highest BCUT2D eigenvalue weighted by Crippen LogP contribution is 2.40. The molecule has 2 aromatic carbocycles. The molecule has 0 saturated heterocycles. The minimum Gasteiger partial charge on any atom is -0.485 e. The number of aromatic nitrogens is 2. The van der Waals surface area contributed by atoms with Crippen LogP contribution in [-0.2, 0) is 17.8 Å². The first-order chi connectivity index (χ1) is 12.9. The van der Waals surface area contributed by atoms with Gasteiger partial charge >= 0.3 is 0 Å². The first-order valence-electron chi connectivity index (χ1n) is 8.98. The molecule has 0 atom stereocenters. The van der Waals surface area contributed by atoms with Crippen LogP contribution in [0.4, 0.5) is 5.69 Å². The number of hydrogen-bond donors (Lipinski definition) is 1. The quantitative estimate of drug-likeness (QED) is 0.773. The Kier molecular flexibility index (Phi) is 4.18. The Morgan fingerprint density at radius 1 is 1.22 bits per heavy atom. The van der Waals surface area contributed by atoms with Crippen molar-refractivity contribution in [3.63, 3.8) is 0 Å². The largest absolute Gasteiger partial charge is 0.485 e. The Morgan fingerprint density at radius 3 is 2.89 bits per heavy atom. The third kappa shape index (κ3) is 3.43. The van der Waals surface area contributed by atoms with E-state index >= 15 is 0 Å². The van der Waals surface area contributed by atoms with E-state index in [0.29, 0.717) is 16.6 Å². The van der Waals surface area contributed by atoms with Gasteiger partial charge < -0.3 is 10.1 Å². The number of carbonyl (C=O) groups excluding carboxylic acids is 1. The molecule has 3 aromatic rings. The molecule has 138 valence electrons. The summed E-state index contributed by atoms with van der Waals surface area (Å²) in [5, 5.41) is 3.46. The lowest BCUT2D eigenvalue weighted by Crippen LogP contribution is -2.25. The van der Waals surface area contributed by atoms with Crippen LogP contribution in [0.25, 0.3) is 10.9 Å². The number of anilines is 1. The third-order valence-corrected chi connectivity index (χ3v) is 4.68. The van der Waals surface area contributed by atoms with Crippen molar-refractivity contribution in [1.29, 1.82) is 0 Å². The molecule has 1 aliphatic heterocycles. The van der Waals surface area contributed by atoms with Crippen molar-refractivity contribution in [2.45, 2.75) is 38.8 Å². The van der Waals surface area contributed by atoms with Crippen LogP contribution in [0.5, 0.6) is 5.75 Å². The summed E-state index contributed by atoms with van der Waals surface area (Å²) >= 11 is 0. The van der Waals surface area contributed by atoms with E-state index < -0.39 is 0 Å². The maximum Gasteiger partial charge on any atom is 0.261 e. The molecule has 6 heteroatoms. The topological polar surface area (TPSA) is 73.2 Å². The molecule has 1 N–H and O–H groups in total. The summed E-state index contributed by atoms with van der Waals surface area (Å²) in [6.45, 7) is 4.32. The molecule has 6 nitrogen and oxygen atoms in total. The normalized spacial score (nSPS) is 14.6. The average molecular weight is 363 g/mol. The number of ether oxygens (including phenoxy) is 1. The minimum atomic E-state index is -0.271. The first-order valence-corrected chi connectivity index (χ1v) is 8.98. The summed E-state index contributed by atoms with van der Waals surface area (Å²) < 4.78 is 7.45. The number of benzene rings is 2. The molecule has 0 unspecified atom stereocenters. The van der Waals surface area contributed by atoms with E-state index in [1.165, 1.54) is 10.9 Å². The van der Waals surface area contributed by atoms with Crippen LogP contribution in [0.1, 0.15) is 25.8 Å². The third-order valence-electron chi connectivity index (χ3n) is 4.68. The summed E-state index contributed by atoms with van der Waals surface area (Å²) in [5.41, 5.74) is 2.01. The molecule has 1 aromatic heterocycles. The van der Waals surface area contributed by atoms with Crippen LogP contribution in [-0.4, -0.2) is 21.1 Å². The van der Waals surface area contributed by atoms with Gasteiger partial charge in [-0.15, -0.1) is 0 Å². The van der Waals surface area contributed by atoms with Crippen molar-refractivity contribution in [3.05, 3.63) is 64.7 Å². The Morgan fingerprint density at radius 2 is 2.04 bits per heavy atom. The molecule has 27 heavy (non-hydrogen) atoms. The summed E-state index contributed by atoms with van der Waals surface area (Å²) in [6, 6.07) is 13.0. The second-order valence-electron chi connectivity index (χ2n) is 7.39. The van der Waals surface area contributed by atoms with E-state index in [-0.39, 0.29) is 30.0 Å². The van der Waals surface area contributed by atoms with E-state index in [1.54, 1.807) is 18.2 Å². The Hall–Kier alpha value is -3.15. The molecule has 0 spiro atoms. The van der Waals surface area contributed by atoms with Crippen LogP contribution in [0.3, 0.4) is 0 Å². The lowest BCUT2D eigenvalue weighted by molar-refractivity contribution is -0.116. The highest BCUT2D eigenvalue weighted by Gasteiger charge is 2.31. The molecule has 0 aliphatic carbocycles. The fourth-order valence-corrected chi connectivity index (χ4v) is 3.41. The van der Waals surface area contributed by atoms with E-state index in [9.17, 15) is 9.59 Å². The second kappa shape index (κ2) is 6.54. The summed E-state index contributed by atoms with van der Waals surface area (Å²) in [6.07, 6.45) is 2.47. The fraction of sp³-hybridized carbons (Fsp3) is 0.286. The zero-order valence-electron chi connectivity index (χ0n) is 15.4. The van der Waals surface area contributed by atoms with Crippen LogP contribution in [0.2, 0.25) is 0 Å². The highest BCUT2D eigenvalue weighted by atomic mass is 16.5. The predicted molar refractivity (Wildman–Crippen MR) is 104 cm³/mol. The van der Waals surface area contributed by atoms with Crippen LogP contribution >= 0.6 is 0 Å². The number of fused-ring (bicyclic) bond motifs is 2. The Labute approximate surface area is 156 Å². The van der Waals surface area contributed by atoms with Gasteiger partial charge in [-0.3, -0.25) is 14.2 Å². The van der Waals surface area contributed by atoms with Crippen molar-refractivity contribution in [1.82, 2.24) is 9.55 Å². The molecule has 0 fully saturated rings. The second-order valence-corrected chi connectivity index (χ2v) is 7.39. The lowest BCUT2D eigenvalue weighted by atomic mass is 10.0. The molecule has 1 aliphatic rings. The molecule has 1 amide bonds. The molecular formula is C21H21N3O3. The first kappa shape index (κ1) is 17.3. The highest BCUT2D eigenvalue weighted by molar-refractivity contribution is 5.92. The molecule has 0 bridgehead atoms. The predicted octanol–water partition coefficient (Wildman–Crippen LogP) is 3.14. The van der Waals surface area contributed by atoms with Gasteiger partial charge in [-0.2, -0.15) is 0 Å². The number of carbonyl (C=O) groups is 1. The van der Waals surface area contributed by atoms with Gasteiger partial charge in [-0.1, -0.05) is 24.3 Å². The number of rotatable bonds is 4. The number of nitrogens with zero attached hydrogens (tertiary/aromatic N) is 2. The van der Waals surface area contributed by atoms with E-state index in [1.807, 2.05) is 38.1 Å². The number of nitrogens with one attached hydrogen (secondary N) is 1. The smallest absolute Gasteiger partial charge is 0.261 e. The fourth-order valence-electron chi connectivity index (χ4n) is 3.41. The zero-order chi connectivity index (χ0) is 19.0. The summed E-state index contributed by atoms with van der Waals surface area (Å²) in [7, 11) is 0. The van der Waals surface area contributed by atoms with E-state index in [2.05, 4.69) is 10.3 Å². The number of hydrogen-bond acceptors (Lipinski definition) is 4. The molecule has 2 heterocycles. The van der Waals surface area contributed by atoms with Crippen molar-refractivity contribution in [2.75, 3.05) is 5.32 Å². The van der Waals surface area contributed by atoms with Crippen molar-refractivity contribution in [2.24, 2.45) is 0 Å². The maximum absolute atomic E-state index is 12.5. The Balaban J connectivity index is 1.47. The molecule has 0 radical (unpaired) electrons.